The van der Waals surface area contributed by atoms with Gasteiger partial charge in [-0.3, -0.25) is 0 Å². The van der Waals surface area contributed by atoms with Crippen LogP contribution in [-0.2, 0) is 5.75 Å². The highest BCUT2D eigenvalue weighted by Crippen LogP contribution is 2.21. The highest BCUT2D eigenvalue weighted by Gasteiger charge is 1.99. The summed E-state index contributed by atoms with van der Waals surface area (Å²) in [5.41, 5.74) is 1.18. The fraction of sp³-hybridized carbons (Fsp3) is 0.200. The standard InChI is InChI=1S/C15H14BrClOS/c16-13-5-7-14(8-6-13)18-9-10-19-11-12-3-1-2-4-15(12)17/h1-8H,9-11H2. The molecule has 1 nitrogen and oxygen atoms in total. The molecule has 0 radical (unpaired) electrons. The van der Waals surface area contributed by atoms with E-state index in [0.29, 0.717) is 6.61 Å². The van der Waals surface area contributed by atoms with E-state index in [1.165, 1.54) is 5.56 Å². The topological polar surface area (TPSA) is 9.23 Å². The highest BCUT2D eigenvalue weighted by atomic mass is 79.9. The lowest BCUT2D eigenvalue weighted by atomic mass is 10.2. The molecule has 100 valence electrons. The molecule has 0 saturated carbocycles. The third kappa shape index (κ3) is 5.09. The van der Waals surface area contributed by atoms with Gasteiger partial charge in [-0.2, -0.15) is 11.8 Å². The van der Waals surface area contributed by atoms with Crippen LogP contribution < -0.4 is 4.74 Å². The molecule has 4 heteroatoms. The molecule has 2 aromatic rings. The van der Waals surface area contributed by atoms with Crippen molar-refractivity contribution in [2.45, 2.75) is 5.75 Å². The lowest BCUT2D eigenvalue weighted by Crippen LogP contribution is -2.00. The van der Waals surface area contributed by atoms with Gasteiger partial charge in [0.2, 0.25) is 0 Å². The van der Waals surface area contributed by atoms with Gasteiger partial charge in [-0.15, -0.1) is 0 Å². The molecule has 2 rings (SSSR count). The number of ether oxygens (including phenoxy) is 1. The average molecular weight is 358 g/mol. The normalized spacial score (nSPS) is 10.4. The number of hydrogen-bond donors (Lipinski definition) is 0. The summed E-state index contributed by atoms with van der Waals surface area (Å²) in [7, 11) is 0. The monoisotopic (exact) mass is 356 g/mol. The fourth-order valence-electron chi connectivity index (χ4n) is 1.55. The Morgan fingerprint density at radius 2 is 1.79 bits per heavy atom. The van der Waals surface area contributed by atoms with Crippen LogP contribution in [0, 0.1) is 0 Å². The van der Waals surface area contributed by atoms with Crippen molar-refractivity contribution in [1.82, 2.24) is 0 Å². The van der Waals surface area contributed by atoms with Crippen molar-refractivity contribution in [1.29, 1.82) is 0 Å². The van der Waals surface area contributed by atoms with Crippen molar-refractivity contribution in [2.24, 2.45) is 0 Å². The van der Waals surface area contributed by atoms with Crippen molar-refractivity contribution in [3.8, 4) is 5.75 Å². The van der Waals surface area contributed by atoms with Crippen LogP contribution in [0.1, 0.15) is 5.56 Å². The molecular formula is C15H14BrClOS. The van der Waals surface area contributed by atoms with Gasteiger partial charge in [0.25, 0.3) is 0 Å². The lowest BCUT2D eigenvalue weighted by molar-refractivity contribution is 0.344. The summed E-state index contributed by atoms with van der Waals surface area (Å²) in [6, 6.07) is 15.8. The van der Waals surface area contributed by atoms with Gasteiger partial charge in [-0.1, -0.05) is 45.7 Å². The Morgan fingerprint density at radius 1 is 1.05 bits per heavy atom. The van der Waals surface area contributed by atoms with Crippen LogP contribution in [0.15, 0.2) is 53.0 Å². The van der Waals surface area contributed by atoms with Gasteiger partial charge >= 0.3 is 0 Å². The number of thioether (sulfide) groups is 1. The maximum atomic E-state index is 6.10. The van der Waals surface area contributed by atoms with Crippen molar-refractivity contribution in [3.05, 3.63) is 63.6 Å². The Hall–Kier alpha value is -0.640. The molecule has 0 amide bonds. The summed E-state index contributed by atoms with van der Waals surface area (Å²) in [5, 5.41) is 0.837. The second kappa shape index (κ2) is 7.83. The van der Waals surface area contributed by atoms with Gasteiger partial charge in [0, 0.05) is 21.0 Å². The zero-order valence-corrected chi connectivity index (χ0v) is 13.5. The second-order valence-electron chi connectivity index (χ2n) is 3.95. The molecule has 0 bridgehead atoms. The van der Waals surface area contributed by atoms with Gasteiger partial charge < -0.3 is 4.74 Å². The molecular weight excluding hydrogens is 344 g/mol. The van der Waals surface area contributed by atoms with Crippen molar-refractivity contribution >= 4 is 39.3 Å². The van der Waals surface area contributed by atoms with E-state index in [1.807, 2.05) is 54.2 Å². The molecule has 0 atom stereocenters. The Bertz CT molecular complexity index is 516. The quantitative estimate of drug-likeness (QED) is 0.639. The van der Waals surface area contributed by atoms with E-state index in [9.17, 15) is 0 Å². The minimum Gasteiger partial charge on any atom is -0.493 e. The van der Waals surface area contributed by atoms with Crippen molar-refractivity contribution in [2.75, 3.05) is 12.4 Å². The molecule has 0 spiro atoms. The van der Waals surface area contributed by atoms with Gasteiger partial charge in [-0.25, -0.2) is 0 Å². The summed E-state index contributed by atoms with van der Waals surface area (Å²) >= 11 is 11.3. The molecule has 0 aliphatic heterocycles. The Labute approximate surface area is 131 Å². The van der Waals surface area contributed by atoms with Gasteiger partial charge in [0.1, 0.15) is 5.75 Å². The van der Waals surface area contributed by atoms with Crippen LogP contribution in [0.25, 0.3) is 0 Å². The first-order chi connectivity index (χ1) is 9.25. The van der Waals surface area contributed by atoms with E-state index in [1.54, 1.807) is 0 Å². The zero-order chi connectivity index (χ0) is 13.5. The zero-order valence-electron chi connectivity index (χ0n) is 10.3. The molecule has 0 aromatic heterocycles. The van der Waals surface area contributed by atoms with Crippen molar-refractivity contribution < 1.29 is 4.74 Å². The minimum atomic E-state index is 0.705. The van der Waals surface area contributed by atoms with E-state index >= 15 is 0 Å². The number of benzene rings is 2. The predicted octanol–water partition coefficient (Wildman–Crippen LogP) is 5.41. The third-order valence-electron chi connectivity index (χ3n) is 2.53. The first-order valence-electron chi connectivity index (χ1n) is 5.95. The summed E-state index contributed by atoms with van der Waals surface area (Å²) < 4.78 is 6.72. The van der Waals surface area contributed by atoms with Gasteiger partial charge in [-0.05, 0) is 35.9 Å². The third-order valence-corrected chi connectivity index (χ3v) is 4.39. The maximum absolute atomic E-state index is 6.10. The van der Waals surface area contributed by atoms with Crippen molar-refractivity contribution in [3.63, 3.8) is 0 Å². The predicted molar refractivity (Wildman–Crippen MR) is 87.3 cm³/mol. The molecule has 2 aromatic carbocycles. The Morgan fingerprint density at radius 3 is 2.53 bits per heavy atom. The summed E-state index contributed by atoms with van der Waals surface area (Å²) in [4.78, 5) is 0. The van der Waals surface area contributed by atoms with E-state index in [2.05, 4.69) is 22.0 Å². The molecule has 0 saturated heterocycles. The fourth-order valence-corrected chi connectivity index (χ4v) is 2.91. The van der Waals surface area contributed by atoms with E-state index in [4.69, 9.17) is 16.3 Å². The first-order valence-corrected chi connectivity index (χ1v) is 8.28. The largest absolute Gasteiger partial charge is 0.493 e. The first kappa shape index (κ1) is 14.8. The molecule has 0 heterocycles. The number of halogens is 2. The smallest absolute Gasteiger partial charge is 0.119 e. The number of rotatable bonds is 6. The molecule has 0 aliphatic carbocycles. The van der Waals surface area contributed by atoms with Crippen LogP contribution in [0.2, 0.25) is 5.02 Å². The molecule has 0 aliphatic rings. The molecule has 0 fully saturated rings. The Kier molecular flexibility index (Phi) is 6.08. The summed E-state index contributed by atoms with van der Waals surface area (Å²) in [6.07, 6.45) is 0. The SMILES string of the molecule is Clc1ccccc1CSCCOc1ccc(Br)cc1. The number of hydrogen-bond acceptors (Lipinski definition) is 2. The van der Waals surface area contributed by atoms with Crippen LogP contribution in [0.4, 0.5) is 0 Å². The summed E-state index contributed by atoms with van der Waals surface area (Å²) in [5.74, 6) is 2.77. The molecule has 0 unspecified atom stereocenters. The second-order valence-corrected chi connectivity index (χ2v) is 6.37. The Balaban J connectivity index is 1.67. The van der Waals surface area contributed by atoms with Crippen LogP contribution >= 0.6 is 39.3 Å². The lowest BCUT2D eigenvalue weighted by Gasteiger charge is -2.07. The molecule has 0 N–H and O–H groups in total. The average Bonchev–Trinajstić information content (AvgIpc) is 2.42. The minimum absolute atomic E-state index is 0.705. The van der Waals surface area contributed by atoms with E-state index in [0.717, 1.165) is 26.8 Å². The van der Waals surface area contributed by atoms with Gasteiger partial charge in [0.15, 0.2) is 0 Å². The van der Waals surface area contributed by atoms with Gasteiger partial charge in [0.05, 0.1) is 6.61 Å². The van der Waals surface area contributed by atoms with Crippen LogP contribution in [0.3, 0.4) is 0 Å². The van der Waals surface area contributed by atoms with Crippen LogP contribution in [0.5, 0.6) is 5.75 Å². The summed E-state index contributed by atoms with van der Waals surface area (Å²) in [6.45, 7) is 0.705. The molecule has 19 heavy (non-hydrogen) atoms. The highest BCUT2D eigenvalue weighted by molar-refractivity contribution is 9.10. The van der Waals surface area contributed by atoms with E-state index in [-0.39, 0.29) is 0 Å². The van der Waals surface area contributed by atoms with E-state index < -0.39 is 0 Å². The maximum Gasteiger partial charge on any atom is 0.119 e. The van der Waals surface area contributed by atoms with Crippen LogP contribution in [-0.4, -0.2) is 12.4 Å².